The first-order valence-electron chi connectivity index (χ1n) is 8.86. The van der Waals surface area contributed by atoms with Crippen molar-refractivity contribution in [2.75, 3.05) is 7.11 Å². The van der Waals surface area contributed by atoms with Gasteiger partial charge < -0.3 is 14.2 Å². The van der Waals surface area contributed by atoms with Crippen molar-refractivity contribution in [1.29, 1.82) is 0 Å². The minimum absolute atomic E-state index is 0.114. The van der Waals surface area contributed by atoms with Crippen LogP contribution in [0.4, 0.5) is 0 Å². The topological polar surface area (TPSA) is 78.9 Å². The summed E-state index contributed by atoms with van der Waals surface area (Å²) in [5.41, 5.74) is 3.15. The van der Waals surface area contributed by atoms with Crippen LogP contribution in [0.2, 0.25) is 0 Å². The molecule has 28 heavy (non-hydrogen) atoms. The van der Waals surface area contributed by atoms with E-state index in [9.17, 15) is 14.4 Å². The lowest BCUT2D eigenvalue weighted by Crippen LogP contribution is -2.21. The molecule has 0 radical (unpaired) electrons. The largest absolute Gasteiger partial charge is 0.465 e. The van der Waals surface area contributed by atoms with Crippen LogP contribution in [0.5, 0.6) is 11.5 Å². The van der Waals surface area contributed by atoms with Crippen molar-refractivity contribution in [3.8, 4) is 11.5 Å². The van der Waals surface area contributed by atoms with Gasteiger partial charge in [0.15, 0.2) is 5.76 Å². The fraction of sp³-hybridized carbons (Fsp3) is 0.227. The molecule has 2 aromatic carbocycles. The molecule has 1 atom stereocenters. The second-order valence-electron chi connectivity index (χ2n) is 6.96. The van der Waals surface area contributed by atoms with Gasteiger partial charge in [0.1, 0.15) is 11.5 Å². The van der Waals surface area contributed by atoms with Gasteiger partial charge in [0.2, 0.25) is 5.78 Å². The fourth-order valence-corrected chi connectivity index (χ4v) is 3.58. The summed E-state index contributed by atoms with van der Waals surface area (Å²) in [5.74, 6) is -0.177. The van der Waals surface area contributed by atoms with Crippen LogP contribution < -0.4 is 9.47 Å². The molecule has 0 aromatic heterocycles. The summed E-state index contributed by atoms with van der Waals surface area (Å²) in [4.78, 5) is 36.5. The third-order valence-electron chi connectivity index (χ3n) is 4.94. The van der Waals surface area contributed by atoms with Gasteiger partial charge in [-0.1, -0.05) is 12.1 Å². The quantitative estimate of drug-likeness (QED) is 0.450. The van der Waals surface area contributed by atoms with Crippen molar-refractivity contribution in [2.24, 2.45) is 0 Å². The Kier molecular flexibility index (Phi) is 4.26. The predicted octanol–water partition coefficient (Wildman–Crippen LogP) is 3.78. The van der Waals surface area contributed by atoms with Gasteiger partial charge in [0.05, 0.1) is 24.7 Å². The molecule has 0 aliphatic carbocycles. The highest BCUT2D eigenvalue weighted by Crippen LogP contribution is 2.49. The van der Waals surface area contributed by atoms with Gasteiger partial charge in [-0.25, -0.2) is 4.79 Å². The number of hydrogen-bond acceptors (Lipinski definition) is 6. The number of benzene rings is 2. The number of fused-ring (bicyclic) bond motifs is 3. The molecular formula is C22H18O6. The molecule has 0 spiro atoms. The van der Waals surface area contributed by atoms with E-state index in [0.717, 1.165) is 11.1 Å². The van der Waals surface area contributed by atoms with Crippen molar-refractivity contribution < 1.29 is 28.6 Å². The van der Waals surface area contributed by atoms with Crippen LogP contribution in [0.15, 0.2) is 47.7 Å². The van der Waals surface area contributed by atoms with Crippen molar-refractivity contribution >= 4 is 17.7 Å². The average Bonchev–Trinajstić information content (AvgIpc) is 3.03. The van der Waals surface area contributed by atoms with E-state index in [2.05, 4.69) is 0 Å². The molecule has 6 heteroatoms. The van der Waals surface area contributed by atoms with E-state index >= 15 is 0 Å². The standard InChI is InChI=1S/C22H18O6/c1-11(2)20-19(24)14-8-9-16-18(21(14)28-20)15(10-17(23)27-16)12-4-6-13(7-5-12)22(25)26-3/h4-9,15H,10H2,1-3H3. The molecule has 4 rings (SSSR count). The highest BCUT2D eigenvalue weighted by molar-refractivity contribution is 6.13. The van der Waals surface area contributed by atoms with Crippen LogP contribution in [0.1, 0.15) is 58.0 Å². The number of Topliss-reactive ketones (excluding diaryl/α,β-unsaturated/α-hetero) is 1. The van der Waals surface area contributed by atoms with E-state index in [1.807, 2.05) is 13.8 Å². The molecule has 2 heterocycles. The van der Waals surface area contributed by atoms with Crippen molar-refractivity contribution in [3.63, 3.8) is 0 Å². The zero-order valence-corrected chi connectivity index (χ0v) is 15.7. The number of esters is 2. The van der Waals surface area contributed by atoms with Gasteiger partial charge in [-0.2, -0.15) is 0 Å². The highest BCUT2D eigenvalue weighted by Gasteiger charge is 2.38. The molecule has 0 N–H and O–H groups in total. The van der Waals surface area contributed by atoms with Gasteiger partial charge in [0.25, 0.3) is 0 Å². The number of carbonyl (C=O) groups excluding carboxylic acids is 3. The molecule has 2 aliphatic heterocycles. The summed E-state index contributed by atoms with van der Waals surface area (Å²) in [6, 6.07) is 10.1. The summed E-state index contributed by atoms with van der Waals surface area (Å²) in [6.45, 7) is 3.63. The van der Waals surface area contributed by atoms with Crippen LogP contribution in [0, 0.1) is 0 Å². The first-order chi connectivity index (χ1) is 13.4. The Morgan fingerprint density at radius 2 is 1.75 bits per heavy atom. The maximum Gasteiger partial charge on any atom is 0.337 e. The van der Waals surface area contributed by atoms with Gasteiger partial charge in [-0.3, -0.25) is 9.59 Å². The minimum Gasteiger partial charge on any atom is -0.465 e. The Hall–Kier alpha value is -3.41. The smallest absolute Gasteiger partial charge is 0.337 e. The van der Waals surface area contributed by atoms with E-state index in [-0.39, 0.29) is 24.1 Å². The highest BCUT2D eigenvalue weighted by atomic mass is 16.5. The summed E-state index contributed by atoms with van der Waals surface area (Å²) in [5, 5.41) is 0. The minimum atomic E-state index is -0.432. The Balaban J connectivity index is 1.83. The molecule has 0 bridgehead atoms. The molecule has 1 unspecified atom stereocenters. The molecule has 0 saturated heterocycles. The summed E-state index contributed by atoms with van der Waals surface area (Å²) < 4.78 is 16.0. The number of methoxy groups -OCH3 is 1. The summed E-state index contributed by atoms with van der Waals surface area (Å²) in [6.07, 6.45) is 0.114. The molecule has 2 aromatic rings. The summed E-state index contributed by atoms with van der Waals surface area (Å²) >= 11 is 0. The molecule has 0 amide bonds. The Morgan fingerprint density at radius 3 is 2.39 bits per heavy atom. The van der Waals surface area contributed by atoms with E-state index in [1.165, 1.54) is 7.11 Å². The molecule has 2 aliphatic rings. The first kappa shape index (κ1) is 18.0. The molecule has 6 nitrogen and oxygen atoms in total. The number of ketones is 1. The van der Waals surface area contributed by atoms with Gasteiger partial charge in [-0.15, -0.1) is 0 Å². The number of rotatable bonds is 2. The van der Waals surface area contributed by atoms with Crippen LogP contribution in [0.25, 0.3) is 0 Å². The van der Waals surface area contributed by atoms with Gasteiger partial charge in [-0.05, 0) is 49.2 Å². The maximum atomic E-state index is 12.6. The van der Waals surface area contributed by atoms with Crippen molar-refractivity contribution in [3.05, 3.63) is 70.0 Å². The van der Waals surface area contributed by atoms with Gasteiger partial charge in [0, 0.05) is 11.5 Å². The monoisotopic (exact) mass is 378 g/mol. The number of allylic oxidation sites excluding steroid dienone is 2. The molecule has 142 valence electrons. The average molecular weight is 378 g/mol. The zero-order valence-electron chi connectivity index (χ0n) is 15.7. The normalized spacial score (nSPS) is 17.4. The van der Waals surface area contributed by atoms with E-state index in [0.29, 0.717) is 33.9 Å². The van der Waals surface area contributed by atoms with Crippen LogP contribution >= 0.6 is 0 Å². The first-order valence-corrected chi connectivity index (χ1v) is 8.86. The SMILES string of the molecule is COC(=O)c1ccc(C2CC(=O)Oc3ccc4c(c32)OC(=C(C)C)C4=O)cc1. The maximum absolute atomic E-state index is 12.6. The lowest BCUT2D eigenvalue weighted by atomic mass is 9.84. The van der Waals surface area contributed by atoms with E-state index < -0.39 is 5.97 Å². The lowest BCUT2D eigenvalue weighted by molar-refractivity contribution is -0.135. The predicted molar refractivity (Wildman–Crippen MR) is 99.7 cm³/mol. The Morgan fingerprint density at radius 1 is 1.04 bits per heavy atom. The van der Waals surface area contributed by atoms with Crippen LogP contribution in [-0.4, -0.2) is 24.8 Å². The zero-order chi connectivity index (χ0) is 20.0. The summed E-state index contributed by atoms with van der Waals surface area (Å²) in [7, 11) is 1.32. The second kappa shape index (κ2) is 6.64. The van der Waals surface area contributed by atoms with E-state index in [1.54, 1.807) is 36.4 Å². The number of hydrogen-bond donors (Lipinski definition) is 0. The van der Waals surface area contributed by atoms with Crippen molar-refractivity contribution in [1.82, 2.24) is 0 Å². The van der Waals surface area contributed by atoms with E-state index in [4.69, 9.17) is 14.2 Å². The fourth-order valence-electron chi connectivity index (χ4n) is 3.58. The number of carbonyl (C=O) groups is 3. The Labute approximate surface area is 161 Å². The lowest BCUT2D eigenvalue weighted by Gasteiger charge is -2.26. The molecule has 0 fully saturated rings. The van der Waals surface area contributed by atoms with Crippen LogP contribution in [0.3, 0.4) is 0 Å². The van der Waals surface area contributed by atoms with Crippen LogP contribution in [-0.2, 0) is 9.53 Å². The second-order valence-corrected chi connectivity index (χ2v) is 6.96. The third kappa shape index (κ3) is 2.78. The molecule has 0 saturated carbocycles. The third-order valence-corrected chi connectivity index (χ3v) is 4.94. The molecular weight excluding hydrogens is 360 g/mol. The Bertz CT molecular complexity index is 1040. The van der Waals surface area contributed by atoms with Crippen molar-refractivity contribution in [2.45, 2.75) is 26.2 Å². The number of ether oxygens (including phenoxy) is 3. The van der Waals surface area contributed by atoms with Gasteiger partial charge >= 0.3 is 11.9 Å².